The van der Waals surface area contributed by atoms with Gasteiger partial charge >= 0.3 is 0 Å². The molecule has 0 spiro atoms. The third-order valence-corrected chi connectivity index (χ3v) is 4.03. The van der Waals surface area contributed by atoms with Crippen molar-refractivity contribution in [3.05, 3.63) is 60.2 Å². The summed E-state index contributed by atoms with van der Waals surface area (Å²) < 4.78 is 5.11. The van der Waals surface area contributed by atoms with Gasteiger partial charge in [-0.3, -0.25) is 4.79 Å². The molecular weight excluding hydrogens is 314 g/mol. The molecule has 0 heterocycles. The third-order valence-electron chi connectivity index (χ3n) is 4.03. The second kappa shape index (κ2) is 10.5. The Morgan fingerprint density at radius 2 is 1.76 bits per heavy atom. The SMILES string of the molecule is COc1ccc(NC(=O)CCN(CCN)CCc2ccccc2)cc1. The van der Waals surface area contributed by atoms with Crippen LogP contribution in [0.3, 0.4) is 0 Å². The fourth-order valence-electron chi connectivity index (χ4n) is 2.61. The molecule has 2 aromatic carbocycles. The van der Waals surface area contributed by atoms with Crippen LogP contribution in [0.2, 0.25) is 0 Å². The number of methoxy groups -OCH3 is 1. The van der Waals surface area contributed by atoms with Gasteiger partial charge in [-0.15, -0.1) is 0 Å². The minimum Gasteiger partial charge on any atom is -0.497 e. The topological polar surface area (TPSA) is 67.6 Å². The molecule has 0 aliphatic heterocycles. The van der Waals surface area contributed by atoms with Crippen molar-refractivity contribution in [2.75, 3.05) is 38.6 Å². The van der Waals surface area contributed by atoms with E-state index in [9.17, 15) is 4.79 Å². The maximum absolute atomic E-state index is 12.1. The van der Waals surface area contributed by atoms with E-state index in [0.717, 1.165) is 30.9 Å². The lowest BCUT2D eigenvalue weighted by molar-refractivity contribution is -0.116. The van der Waals surface area contributed by atoms with Crippen LogP contribution in [0.25, 0.3) is 0 Å². The predicted octanol–water partition coefficient (Wildman–Crippen LogP) is 2.53. The van der Waals surface area contributed by atoms with E-state index < -0.39 is 0 Å². The summed E-state index contributed by atoms with van der Waals surface area (Å²) in [5, 5.41) is 2.91. The lowest BCUT2D eigenvalue weighted by atomic mass is 10.1. The summed E-state index contributed by atoms with van der Waals surface area (Å²) in [4.78, 5) is 14.4. The molecule has 0 aromatic heterocycles. The molecule has 1 amide bonds. The molecule has 25 heavy (non-hydrogen) atoms. The zero-order chi connectivity index (χ0) is 17.9. The first-order valence-corrected chi connectivity index (χ1v) is 8.61. The van der Waals surface area contributed by atoms with E-state index in [2.05, 4.69) is 22.3 Å². The molecule has 5 nitrogen and oxygen atoms in total. The summed E-state index contributed by atoms with van der Waals surface area (Å²) >= 11 is 0. The first kappa shape index (κ1) is 19.0. The number of nitrogens with zero attached hydrogens (tertiary/aromatic N) is 1. The minimum absolute atomic E-state index is 0.00639. The number of hydrogen-bond acceptors (Lipinski definition) is 4. The van der Waals surface area contributed by atoms with Gasteiger partial charge in [-0.1, -0.05) is 30.3 Å². The number of anilines is 1. The van der Waals surface area contributed by atoms with Crippen molar-refractivity contribution in [2.45, 2.75) is 12.8 Å². The Kier molecular flexibility index (Phi) is 7.95. The van der Waals surface area contributed by atoms with E-state index >= 15 is 0 Å². The summed E-state index contributed by atoms with van der Waals surface area (Å²) in [5.41, 5.74) is 7.78. The molecule has 0 unspecified atom stereocenters. The second-order valence-electron chi connectivity index (χ2n) is 5.89. The number of benzene rings is 2. The highest BCUT2D eigenvalue weighted by atomic mass is 16.5. The fourth-order valence-corrected chi connectivity index (χ4v) is 2.61. The number of rotatable bonds is 10. The average molecular weight is 341 g/mol. The van der Waals surface area contributed by atoms with Crippen LogP contribution < -0.4 is 15.8 Å². The lowest BCUT2D eigenvalue weighted by Gasteiger charge is -2.21. The van der Waals surface area contributed by atoms with Crippen LogP contribution in [-0.2, 0) is 11.2 Å². The van der Waals surface area contributed by atoms with Crippen molar-refractivity contribution in [1.82, 2.24) is 4.90 Å². The van der Waals surface area contributed by atoms with E-state index in [1.165, 1.54) is 5.56 Å². The third kappa shape index (κ3) is 6.95. The van der Waals surface area contributed by atoms with E-state index in [-0.39, 0.29) is 5.91 Å². The largest absolute Gasteiger partial charge is 0.497 e. The van der Waals surface area contributed by atoms with Crippen LogP contribution in [0.15, 0.2) is 54.6 Å². The van der Waals surface area contributed by atoms with Gasteiger partial charge in [0.2, 0.25) is 5.91 Å². The Morgan fingerprint density at radius 3 is 2.40 bits per heavy atom. The smallest absolute Gasteiger partial charge is 0.225 e. The van der Waals surface area contributed by atoms with E-state index in [4.69, 9.17) is 10.5 Å². The number of carbonyl (C=O) groups is 1. The van der Waals surface area contributed by atoms with Crippen molar-refractivity contribution in [3.63, 3.8) is 0 Å². The van der Waals surface area contributed by atoms with E-state index in [0.29, 0.717) is 19.5 Å². The van der Waals surface area contributed by atoms with Gasteiger partial charge in [0.15, 0.2) is 0 Å². The summed E-state index contributed by atoms with van der Waals surface area (Å²) in [6.07, 6.45) is 1.40. The highest BCUT2D eigenvalue weighted by Crippen LogP contribution is 2.15. The van der Waals surface area contributed by atoms with Gasteiger partial charge in [0, 0.05) is 38.3 Å². The Labute approximate surface area is 149 Å². The Balaban J connectivity index is 1.77. The van der Waals surface area contributed by atoms with E-state index in [1.807, 2.05) is 42.5 Å². The molecule has 2 rings (SSSR count). The van der Waals surface area contributed by atoms with Crippen LogP contribution in [0.5, 0.6) is 5.75 Å². The Morgan fingerprint density at radius 1 is 1.04 bits per heavy atom. The normalized spacial score (nSPS) is 10.7. The van der Waals surface area contributed by atoms with Crippen molar-refractivity contribution >= 4 is 11.6 Å². The van der Waals surface area contributed by atoms with Crippen molar-refractivity contribution in [2.24, 2.45) is 5.73 Å². The number of nitrogens with one attached hydrogen (secondary N) is 1. The molecule has 0 radical (unpaired) electrons. The number of nitrogens with two attached hydrogens (primary N) is 1. The highest BCUT2D eigenvalue weighted by molar-refractivity contribution is 5.90. The van der Waals surface area contributed by atoms with Gasteiger partial charge in [0.25, 0.3) is 0 Å². The first-order valence-electron chi connectivity index (χ1n) is 8.61. The molecule has 0 fully saturated rings. The number of ether oxygens (including phenoxy) is 1. The van der Waals surface area contributed by atoms with Crippen molar-refractivity contribution in [3.8, 4) is 5.75 Å². The van der Waals surface area contributed by atoms with Gasteiger partial charge in [0.1, 0.15) is 5.75 Å². The average Bonchev–Trinajstić information content (AvgIpc) is 2.65. The van der Waals surface area contributed by atoms with Gasteiger partial charge in [0.05, 0.1) is 7.11 Å². The second-order valence-corrected chi connectivity index (χ2v) is 5.89. The standard InChI is InChI=1S/C20H27N3O2/c1-25-19-9-7-18(8-10-19)22-20(24)12-15-23(16-13-21)14-11-17-5-3-2-4-6-17/h2-10H,11-16,21H2,1H3,(H,22,24). The predicted molar refractivity (Wildman–Crippen MR) is 102 cm³/mol. The molecule has 3 N–H and O–H groups in total. The molecule has 2 aromatic rings. The molecule has 0 aliphatic rings. The lowest BCUT2D eigenvalue weighted by Crippen LogP contribution is -2.34. The zero-order valence-corrected chi connectivity index (χ0v) is 14.8. The molecule has 0 bridgehead atoms. The van der Waals surface area contributed by atoms with Gasteiger partial charge < -0.3 is 20.7 Å². The van der Waals surface area contributed by atoms with Crippen molar-refractivity contribution < 1.29 is 9.53 Å². The fraction of sp³-hybridized carbons (Fsp3) is 0.350. The zero-order valence-electron chi connectivity index (χ0n) is 14.8. The molecule has 134 valence electrons. The molecule has 0 atom stereocenters. The Bertz CT molecular complexity index is 629. The molecule has 0 saturated heterocycles. The number of amides is 1. The number of carbonyl (C=O) groups excluding carboxylic acids is 1. The number of hydrogen-bond donors (Lipinski definition) is 2. The minimum atomic E-state index is 0.00639. The first-order chi connectivity index (χ1) is 12.2. The van der Waals surface area contributed by atoms with Gasteiger partial charge in [-0.25, -0.2) is 0 Å². The van der Waals surface area contributed by atoms with E-state index in [1.54, 1.807) is 7.11 Å². The van der Waals surface area contributed by atoms with Gasteiger partial charge in [-0.2, -0.15) is 0 Å². The molecule has 0 aliphatic carbocycles. The quantitative estimate of drug-likeness (QED) is 0.697. The summed E-state index contributed by atoms with van der Waals surface area (Å²) in [5.74, 6) is 0.778. The molecular formula is C20H27N3O2. The maximum atomic E-state index is 12.1. The maximum Gasteiger partial charge on any atom is 0.225 e. The van der Waals surface area contributed by atoms with Crippen LogP contribution in [0.1, 0.15) is 12.0 Å². The van der Waals surface area contributed by atoms with Crippen LogP contribution in [0, 0.1) is 0 Å². The monoisotopic (exact) mass is 341 g/mol. The molecule has 0 saturated carbocycles. The van der Waals surface area contributed by atoms with Crippen LogP contribution in [0.4, 0.5) is 5.69 Å². The summed E-state index contributed by atoms with van der Waals surface area (Å²) in [6, 6.07) is 17.7. The van der Waals surface area contributed by atoms with Crippen LogP contribution in [-0.4, -0.2) is 44.1 Å². The summed E-state index contributed by atoms with van der Waals surface area (Å²) in [6.45, 7) is 2.99. The van der Waals surface area contributed by atoms with Crippen molar-refractivity contribution in [1.29, 1.82) is 0 Å². The molecule has 5 heteroatoms. The van der Waals surface area contributed by atoms with Crippen LogP contribution >= 0.6 is 0 Å². The Hall–Kier alpha value is -2.37. The highest BCUT2D eigenvalue weighted by Gasteiger charge is 2.08. The van der Waals surface area contributed by atoms with Gasteiger partial charge in [-0.05, 0) is 36.2 Å². The summed E-state index contributed by atoms with van der Waals surface area (Å²) in [7, 11) is 1.62.